The maximum absolute atomic E-state index is 13.2. The van der Waals surface area contributed by atoms with Gasteiger partial charge in [0.05, 0.1) is 25.4 Å². The van der Waals surface area contributed by atoms with Crippen molar-refractivity contribution in [1.29, 1.82) is 0 Å². The van der Waals surface area contributed by atoms with Crippen LogP contribution in [0.3, 0.4) is 0 Å². The van der Waals surface area contributed by atoms with Gasteiger partial charge in [-0.05, 0) is 44.2 Å². The number of nitrogens with zero attached hydrogens (tertiary/aromatic N) is 2. The van der Waals surface area contributed by atoms with Crippen LogP contribution in [0.25, 0.3) is 0 Å². The summed E-state index contributed by atoms with van der Waals surface area (Å²) in [7, 11) is 1.75. The smallest absolute Gasteiger partial charge is 0.193 e. The van der Waals surface area contributed by atoms with E-state index in [-0.39, 0.29) is 12.2 Å². The normalized spacial score (nSPS) is 21.3. The Morgan fingerprint density at radius 2 is 2.03 bits per heavy atom. The number of halogens is 2. The van der Waals surface area contributed by atoms with Gasteiger partial charge < -0.3 is 24.4 Å². The maximum Gasteiger partial charge on any atom is 0.193 e. The molecular formula is C21H31F2N3O3. The Morgan fingerprint density at radius 3 is 2.72 bits per heavy atom. The van der Waals surface area contributed by atoms with Crippen LogP contribution in [0.1, 0.15) is 32.1 Å². The number of ether oxygens (including phenoxy) is 3. The molecule has 0 spiro atoms. The van der Waals surface area contributed by atoms with E-state index in [9.17, 15) is 8.78 Å². The highest BCUT2D eigenvalue weighted by atomic mass is 19.2. The first-order valence-corrected chi connectivity index (χ1v) is 10.4. The van der Waals surface area contributed by atoms with Gasteiger partial charge in [-0.1, -0.05) is 0 Å². The fraction of sp³-hybridized carbons (Fsp3) is 0.667. The average molecular weight is 411 g/mol. The number of nitrogens with one attached hydrogen (secondary N) is 1. The Morgan fingerprint density at radius 1 is 1.21 bits per heavy atom. The molecule has 3 rings (SSSR count). The third kappa shape index (κ3) is 6.82. The molecule has 0 radical (unpaired) electrons. The van der Waals surface area contributed by atoms with E-state index in [0.29, 0.717) is 25.5 Å². The largest absolute Gasteiger partial charge is 0.492 e. The molecule has 0 aromatic heterocycles. The fourth-order valence-corrected chi connectivity index (χ4v) is 3.65. The minimum Gasteiger partial charge on any atom is -0.492 e. The summed E-state index contributed by atoms with van der Waals surface area (Å²) in [6, 6.07) is 3.52. The molecule has 162 valence electrons. The molecule has 1 atom stereocenters. The molecule has 2 saturated heterocycles. The van der Waals surface area contributed by atoms with Crippen molar-refractivity contribution in [3.05, 3.63) is 29.8 Å². The van der Waals surface area contributed by atoms with Crippen LogP contribution in [-0.4, -0.2) is 69.6 Å². The second-order valence-corrected chi connectivity index (χ2v) is 7.41. The van der Waals surface area contributed by atoms with Gasteiger partial charge in [0.1, 0.15) is 12.4 Å². The molecule has 0 amide bonds. The molecule has 29 heavy (non-hydrogen) atoms. The van der Waals surface area contributed by atoms with Crippen LogP contribution in [0.15, 0.2) is 23.2 Å². The van der Waals surface area contributed by atoms with Crippen molar-refractivity contribution in [1.82, 2.24) is 10.2 Å². The van der Waals surface area contributed by atoms with E-state index in [4.69, 9.17) is 14.2 Å². The lowest BCUT2D eigenvalue weighted by atomic mass is 10.1. The molecular weight excluding hydrogens is 380 g/mol. The van der Waals surface area contributed by atoms with Crippen LogP contribution in [-0.2, 0) is 9.47 Å². The van der Waals surface area contributed by atoms with Gasteiger partial charge in [0, 0.05) is 32.8 Å². The van der Waals surface area contributed by atoms with E-state index in [2.05, 4.69) is 15.2 Å². The average Bonchev–Trinajstić information content (AvgIpc) is 2.76. The van der Waals surface area contributed by atoms with E-state index >= 15 is 0 Å². The van der Waals surface area contributed by atoms with Crippen LogP contribution in [0.4, 0.5) is 8.78 Å². The van der Waals surface area contributed by atoms with Gasteiger partial charge in [-0.3, -0.25) is 4.99 Å². The predicted octanol–water partition coefficient (Wildman–Crippen LogP) is 2.97. The summed E-state index contributed by atoms with van der Waals surface area (Å²) in [6.07, 6.45) is 5.93. The van der Waals surface area contributed by atoms with Crippen LogP contribution < -0.4 is 10.1 Å². The summed E-state index contributed by atoms with van der Waals surface area (Å²) >= 11 is 0. The molecule has 1 N–H and O–H groups in total. The van der Waals surface area contributed by atoms with Crippen molar-refractivity contribution in [3.63, 3.8) is 0 Å². The zero-order valence-electron chi connectivity index (χ0n) is 17.0. The summed E-state index contributed by atoms with van der Waals surface area (Å²) in [6.45, 7) is 4.14. The third-order valence-electron chi connectivity index (χ3n) is 5.29. The lowest BCUT2D eigenvalue weighted by Crippen LogP contribution is -2.48. The molecule has 0 saturated carbocycles. The molecule has 2 aliphatic heterocycles. The second-order valence-electron chi connectivity index (χ2n) is 7.41. The quantitative estimate of drug-likeness (QED) is 0.425. The summed E-state index contributed by atoms with van der Waals surface area (Å²) in [5, 5.41) is 3.26. The summed E-state index contributed by atoms with van der Waals surface area (Å²) in [5.41, 5.74) is 0. The third-order valence-corrected chi connectivity index (χ3v) is 5.29. The molecule has 1 unspecified atom stereocenters. The van der Waals surface area contributed by atoms with Crippen molar-refractivity contribution in [3.8, 4) is 5.75 Å². The molecule has 6 nitrogen and oxygen atoms in total. The molecule has 0 aliphatic carbocycles. The number of benzene rings is 1. The zero-order chi connectivity index (χ0) is 20.5. The summed E-state index contributed by atoms with van der Waals surface area (Å²) in [5.74, 6) is -0.672. The SMILES string of the molecule is CN=C(NCCOc1ccc(F)c(F)c1)N1CCC(OCC2CCCCO2)CC1. The summed E-state index contributed by atoms with van der Waals surface area (Å²) in [4.78, 5) is 6.53. The first kappa shape index (κ1) is 21.8. The van der Waals surface area contributed by atoms with E-state index in [1.54, 1.807) is 7.05 Å². The van der Waals surface area contributed by atoms with Gasteiger partial charge >= 0.3 is 0 Å². The number of likely N-dealkylation sites (tertiary alicyclic amines) is 1. The standard InChI is InChI=1S/C21H31F2N3O3/c1-24-21(25-9-13-28-17-5-6-19(22)20(23)14-17)26-10-7-16(8-11-26)29-15-18-4-2-3-12-27-18/h5-6,14,16,18H,2-4,7-13,15H2,1H3,(H,24,25). The number of rotatable bonds is 7. The highest BCUT2D eigenvalue weighted by molar-refractivity contribution is 5.79. The molecule has 2 heterocycles. The van der Waals surface area contributed by atoms with Crippen molar-refractivity contribution in [2.75, 3.05) is 46.5 Å². The minimum atomic E-state index is -0.911. The van der Waals surface area contributed by atoms with Crippen LogP contribution in [0, 0.1) is 11.6 Å². The maximum atomic E-state index is 13.2. The molecule has 1 aromatic rings. The van der Waals surface area contributed by atoms with Crippen molar-refractivity contribution >= 4 is 5.96 Å². The van der Waals surface area contributed by atoms with Gasteiger partial charge in [-0.2, -0.15) is 0 Å². The molecule has 2 fully saturated rings. The number of guanidine groups is 1. The fourth-order valence-electron chi connectivity index (χ4n) is 3.65. The highest BCUT2D eigenvalue weighted by Crippen LogP contribution is 2.18. The minimum absolute atomic E-state index is 0.255. The van der Waals surface area contributed by atoms with Gasteiger partial charge in [0.2, 0.25) is 0 Å². The zero-order valence-corrected chi connectivity index (χ0v) is 17.0. The van der Waals surface area contributed by atoms with E-state index in [1.807, 2.05) is 0 Å². The van der Waals surface area contributed by atoms with E-state index in [1.165, 1.54) is 12.5 Å². The van der Waals surface area contributed by atoms with Gasteiger partial charge in [0.25, 0.3) is 0 Å². The van der Waals surface area contributed by atoms with Crippen LogP contribution in [0.5, 0.6) is 5.75 Å². The Labute approximate surface area is 171 Å². The van der Waals surface area contributed by atoms with E-state index < -0.39 is 11.6 Å². The molecule has 1 aromatic carbocycles. The first-order chi connectivity index (χ1) is 14.2. The summed E-state index contributed by atoms with van der Waals surface area (Å²) < 4.78 is 43.4. The highest BCUT2D eigenvalue weighted by Gasteiger charge is 2.23. The Balaban J connectivity index is 1.32. The van der Waals surface area contributed by atoms with Crippen LogP contribution >= 0.6 is 0 Å². The Kier molecular flexibility index (Phi) is 8.49. The second kappa shape index (κ2) is 11.3. The number of hydrogen-bond acceptors (Lipinski definition) is 4. The topological polar surface area (TPSA) is 55.3 Å². The van der Waals surface area contributed by atoms with Gasteiger partial charge in [-0.25, -0.2) is 8.78 Å². The lowest BCUT2D eigenvalue weighted by Gasteiger charge is -2.35. The van der Waals surface area contributed by atoms with Gasteiger partial charge in [0.15, 0.2) is 17.6 Å². The van der Waals surface area contributed by atoms with Crippen molar-refractivity contribution in [2.45, 2.75) is 44.3 Å². The Hall–Kier alpha value is -1.93. The number of hydrogen-bond donors (Lipinski definition) is 1. The lowest BCUT2D eigenvalue weighted by molar-refractivity contribution is -0.0721. The number of piperidine rings is 1. The Bertz CT molecular complexity index is 661. The van der Waals surface area contributed by atoms with Gasteiger partial charge in [-0.15, -0.1) is 0 Å². The number of aliphatic imine (C=N–C) groups is 1. The van der Waals surface area contributed by atoms with Crippen LogP contribution in [0.2, 0.25) is 0 Å². The molecule has 8 heteroatoms. The molecule has 2 aliphatic rings. The van der Waals surface area contributed by atoms with Crippen molar-refractivity contribution < 1.29 is 23.0 Å². The van der Waals surface area contributed by atoms with E-state index in [0.717, 1.165) is 63.5 Å². The van der Waals surface area contributed by atoms with Crippen molar-refractivity contribution in [2.24, 2.45) is 4.99 Å². The predicted molar refractivity (Wildman–Crippen MR) is 107 cm³/mol. The molecule has 0 bridgehead atoms. The monoisotopic (exact) mass is 411 g/mol. The first-order valence-electron chi connectivity index (χ1n) is 10.4.